The van der Waals surface area contributed by atoms with Crippen LogP contribution < -0.4 is 10.9 Å². The average molecular weight is 384 g/mol. The maximum atomic E-state index is 12.9. The summed E-state index contributed by atoms with van der Waals surface area (Å²) in [6.45, 7) is 3.66. The van der Waals surface area contributed by atoms with Gasteiger partial charge in [-0.05, 0) is 32.0 Å². The van der Waals surface area contributed by atoms with Crippen molar-refractivity contribution < 1.29 is 4.79 Å². The lowest BCUT2D eigenvalue weighted by Crippen LogP contribution is -2.33. The summed E-state index contributed by atoms with van der Waals surface area (Å²) in [5.41, 5.74) is 3.62. The van der Waals surface area contributed by atoms with Gasteiger partial charge < -0.3 is 5.32 Å². The van der Waals surface area contributed by atoms with Gasteiger partial charge in [0, 0.05) is 23.2 Å². The topological polar surface area (TPSA) is 76.9 Å². The zero-order valence-electron chi connectivity index (χ0n) is 16.2. The van der Waals surface area contributed by atoms with E-state index in [0.717, 1.165) is 16.5 Å². The fraction of sp³-hybridized carbons (Fsp3) is 0.130. The Morgan fingerprint density at radius 2 is 1.76 bits per heavy atom. The number of benzene rings is 2. The van der Waals surface area contributed by atoms with Crippen molar-refractivity contribution in [2.24, 2.45) is 0 Å². The highest BCUT2D eigenvalue weighted by molar-refractivity contribution is 6.01. The van der Waals surface area contributed by atoms with Crippen LogP contribution in [0.25, 0.3) is 22.2 Å². The third-order valence-corrected chi connectivity index (χ3v) is 4.81. The molecule has 0 aliphatic rings. The van der Waals surface area contributed by atoms with Crippen molar-refractivity contribution in [1.29, 1.82) is 0 Å². The van der Waals surface area contributed by atoms with E-state index >= 15 is 0 Å². The number of fused-ring (bicyclic) bond motifs is 1. The Bertz CT molecular complexity index is 1240. The molecule has 1 N–H and O–H groups in total. The lowest BCUT2D eigenvalue weighted by molar-refractivity contribution is -0.119. The number of carbonyl (C=O) groups excluding carboxylic acids is 1. The van der Waals surface area contributed by atoms with Gasteiger partial charge in [0.2, 0.25) is 5.91 Å². The highest BCUT2D eigenvalue weighted by atomic mass is 16.2. The van der Waals surface area contributed by atoms with Gasteiger partial charge in [0.15, 0.2) is 0 Å². The van der Waals surface area contributed by atoms with Gasteiger partial charge in [-0.1, -0.05) is 48.0 Å². The average Bonchev–Trinajstić information content (AvgIpc) is 2.74. The molecule has 1 atom stereocenters. The number of amides is 1. The summed E-state index contributed by atoms with van der Waals surface area (Å²) in [6, 6.07) is 19.5. The van der Waals surface area contributed by atoms with Crippen LogP contribution in [0.1, 0.15) is 18.5 Å². The first-order chi connectivity index (χ1) is 14.0. The molecule has 0 spiro atoms. The van der Waals surface area contributed by atoms with Crippen molar-refractivity contribution >= 4 is 22.5 Å². The number of anilines is 1. The summed E-state index contributed by atoms with van der Waals surface area (Å²) >= 11 is 0. The van der Waals surface area contributed by atoms with E-state index in [0.29, 0.717) is 16.9 Å². The van der Waals surface area contributed by atoms with Gasteiger partial charge in [0.1, 0.15) is 6.04 Å². The van der Waals surface area contributed by atoms with Crippen LogP contribution in [0.3, 0.4) is 0 Å². The van der Waals surface area contributed by atoms with Gasteiger partial charge in [-0.2, -0.15) is 5.10 Å². The van der Waals surface area contributed by atoms with Crippen LogP contribution in [0.15, 0.2) is 77.7 Å². The van der Waals surface area contributed by atoms with Crippen molar-refractivity contribution in [2.45, 2.75) is 19.9 Å². The minimum absolute atomic E-state index is 0.334. The van der Waals surface area contributed by atoms with Crippen LogP contribution in [0.4, 0.5) is 5.69 Å². The zero-order valence-corrected chi connectivity index (χ0v) is 16.2. The molecule has 29 heavy (non-hydrogen) atoms. The molecule has 2 heterocycles. The number of nitrogens with one attached hydrogen (secondary N) is 1. The van der Waals surface area contributed by atoms with Crippen molar-refractivity contribution in [1.82, 2.24) is 14.8 Å². The second-order valence-corrected chi connectivity index (χ2v) is 6.91. The van der Waals surface area contributed by atoms with E-state index in [2.05, 4.69) is 15.4 Å². The Hall–Kier alpha value is -3.80. The highest BCUT2D eigenvalue weighted by Crippen LogP contribution is 2.22. The first kappa shape index (κ1) is 18.6. The molecule has 1 amide bonds. The van der Waals surface area contributed by atoms with Crippen molar-refractivity contribution in [2.75, 3.05) is 5.32 Å². The summed E-state index contributed by atoms with van der Waals surface area (Å²) in [4.78, 5) is 29.6. The number of aryl methyl sites for hydroxylation is 1. The van der Waals surface area contributed by atoms with Gasteiger partial charge in [-0.3, -0.25) is 14.6 Å². The lowest BCUT2D eigenvalue weighted by atomic mass is 10.1. The van der Waals surface area contributed by atoms with E-state index in [1.165, 1.54) is 10.7 Å². The number of para-hydroxylation sites is 1. The lowest BCUT2D eigenvalue weighted by Gasteiger charge is -2.15. The molecule has 6 heteroatoms. The molecule has 0 bridgehead atoms. The van der Waals surface area contributed by atoms with E-state index in [-0.39, 0.29) is 11.5 Å². The molecule has 2 aromatic heterocycles. The normalized spacial score (nSPS) is 11.9. The smallest absolute Gasteiger partial charge is 0.267 e. The van der Waals surface area contributed by atoms with Crippen molar-refractivity contribution in [3.8, 4) is 11.3 Å². The van der Waals surface area contributed by atoms with E-state index in [4.69, 9.17) is 0 Å². The predicted octanol–water partition coefficient (Wildman–Crippen LogP) is 3.97. The Kier molecular flexibility index (Phi) is 4.91. The maximum absolute atomic E-state index is 12.9. The van der Waals surface area contributed by atoms with Crippen LogP contribution in [-0.2, 0) is 4.79 Å². The van der Waals surface area contributed by atoms with Crippen LogP contribution >= 0.6 is 0 Å². The summed E-state index contributed by atoms with van der Waals surface area (Å²) in [7, 11) is 0. The molecule has 6 nitrogen and oxygen atoms in total. The fourth-order valence-electron chi connectivity index (χ4n) is 3.13. The minimum Gasteiger partial charge on any atom is -0.322 e. The molecule has 1 unspecified atom stereocenters. The second kappa shape index (κ2) is 7.67. The van der Waals surface area contributed by atoms with E-state index in [1.54, 1.807) is 25.3 Å². The van der Waals surface area contributed by atoms with Gasteiger partial charge in [0.05, 0.1) is 16.9 Å². The van der Waals surface area contributed by atoms with Crippen LogP contribution in [-0.4, -0.2) is 20.7 Å². The van der Waals surface area contributed by atoms with Crippen LogP contribution in [0.2, 0.25) is 0 Å². The molecule has 0 aliphatic carbocycles. The number of rotatable bonds is 4. The Balaban J connectivity index is 1.64. The number of pyridine rings is 1. The molecule has 0 radical (unpaired) electrons. The minimum atomic E-state index is -0.785. The van der Waals surface area contributed by atoms with Gasteiger partial charge in [0.25, 0.3) is 5.56 Å². The van der Waals surface area contributed by atoms with Gasteiger partial charge >= 0.3 is 0 Å². The number of aromatic nitrogens is 3. The third kappa shape index (κ3) is 3.78. The third-order valence-electron chi connectivity index (χ3n) is 4.81. The largest absolute Gasteiger partial charge is 0.322 e. The summed E-state index contributed by atoms with van der Waals surface area (Å²) in [5, 5.41) is 8.23. The molecule has 0 saturated carbocycles. The molecular weight excluding hydrogens is 364 g/mol. The second-order valence-electron chi connectivity index (χ2n) is 6.91. The SMILES string of the molecule is Cc1ccc(-c2ccc(=O)n(C(C)C(=O)Nc3cccc4cccnc34)n2)cc1. The first-order valence-corrected chi connectivity index (χ1v) is 9.34. The number of hydrogen-bond acceptors (Lipinski definition) is 4. The molecular formula is C23H20N4O2. The van der Waals surface area contributed by atoms with E-state index in [1.807, 2.05) is 55.5 Å². The molecule has 0 fully saturated rings. The van der Waals surface area contributed by atoms with Crippen LogP contribution in [0.5, 0.6) is 0 Å². The number of hydrogen-bond donors (Lipinski definition) is 1. The number of carbonyl (C=O) groups is 1. The molecule has 0 saturated heterocycles. The molecule has 4 aromatic rings. The standard InChI is InChI=1S/C23H20N4O2/c1-15-8-10-17(11-9-15)19-12-13-21(28)27(26-19)16(2)23(29)25-20-7-3-5-18-6-4-14-24-22(18)20/h3-14,16H,1-2H3,(H,25,29). The summed E-state index contributed by atoms with van der Waals surface area (Å²) < 4.78 is 1.21. The highest BCUT2D eigenvalue weighted by Gasteiger charge is 2.19. The monoisotopic (exact) mass is 384 g/mol. The quantitative estimate of drug-likeness (QED) is 0.578. The molecule has 2 aromatic carbocycles. The van der Waals surface area contributed by atoms with E-state index in [9.17, 15) is 9.59 Å². The Morgan fingerprint density at radius 3 is 2.55 bits per heavy atom. The van der Waals surface area contributed by atoms with E-state index < -0.39 is 6.04 Å². The van der Waals surface area contributed by atoms with Crippen LogP contribution in [0, 0.1) is 6.92 Å². The van der Waals surface area contributed by atoms with Crippen molar-refractivity contribution in [3.63, 3.8) is 0 Å². The molecule has 0 aliphatic heterocycles. The summed E-state index contributed by atoms with van der Waals surface area (Å²) in [6.07, 6.45) is 1.68. The fourth-order valence-corrected chi connectivity index (χ4v) is 3.13. The Labute approximate surface area is 167 Å². The van der Waals surface area contributed by atoms with Gasteiger partial charge in [-0.15, -0.1) is 0 Å². The zero-order chi connectivity index (χ0) is 20.4. The summed E-state index contributed by atoms with van der Waals surface area (Å²) in [5.74, 6) is -0.334. The predicted molar refractivity (Wildman–Crippen MR) is 114 cm³/mol. The number of nitrogens with zero attached hydrogens (tertiary/aromatic N) is 3. The molecule has 4 rings (SSSR count). The Morgan fingerprint density at radius 1 is 1.00 bits per heavy atom. The van der Waals surface area contributed by atoms with Gasteiger partial charge in [-0.25, -0.2) is 4.68 Å². The molecule has 144 valence electrons. The maximum Gasteiger partial charge on any atom is 0.267 e. The van der Waals surface area contributed by atoms with Crippen molar-refractivity contribution in [3.05, 3.63) is 88.8 Å². The first-order valence-electron chi connectivity index (χ1n) is 9.34.